The first-order chi connectivity index (χ1) is 18.5. The van der Waals surface area contributed by atoms with E-state index in [0.717, 1.165) is 22.3 Å². The second-order valence-electron chi connectivity index (χ2n) is 10.1. The summed E-state index contributed by atoms with van der Waals surface area (Å²) in [6, 6.07) is 12.1. The van der Waals surface area contributed by atoms with Crippen LogP contribution in [0.25, 0.3) is 0 Å². The normalized spacial score (nSPS) is 24.6. The number of Topliss-reactive ketones (excluding diaryl/α,β-unsaturated/α-hetero) is 1. The molecular formula is C27H28F2N6O3S. The van der Waals surface area contributed by atoms with Crippen molar-refractivity contribution in [1.29, 1.82) is 0 Å². The molecule has 1 saturated heterocycles. The number of carbonyl (C=O) groups excluding carboxylic acids is 1. The Labute approximate surface area is 225 Å². The molecule has 1 fully saturated rings. The molecule has 5 rings (SSSR count). The lowest BCUT2D eigenvalue weighted by Gasteiger charge is -2.48. The van der Waals surface area contributed by atoms with Gasteiger partial charge in [-0.3, -0.25) is 19.7 Å². The van der Waals surface area contributed by atoms with Crippen LogP contribution < -0.4 is 5.73 Å². The number of halogens is 2. The molecule has 2 aliphatic heterocycles. The van der Waals surface area contributed by atoms with E-state index in [2.05, 4.69) is 15.0 Å². The van der Waals surface area contributed by atoms with Crippen molar-refractivity contribution in [3.05, 3.63) is 95.1 Å². The fourth-order valence-corrected chi connectivity index (χ4v) is 7.70. The Kier molecular flexibility index (Phi) is 6.71. The van der Waals surface area contributed by atoms with Crippen LogP contribution in [0, 0.1) is 11.6 Å². The molecule has 204 valence electrons. The summed E-state index contributed by atoms with van der Waals surface area (Å²) in [6.07, 6.45) is 2.66. The minimum absolute atomic E-state index is 0.0270. The predicted octanol–water partition coefficient (Wildman–Crippen LogP) is 2.63. The Morgan fingerprint density at radius 2 is 1.92 bits per heavy atom. The van der Waals surface area contributed by atoms with Crippen LogP contribution in [0.1, 0.15) is 40.7 Å². The molecule has 3 aromatic rings. The predicted molar refractivity (Wildman–Crippen MR) is 141 cm³/mol. The topological polar surface area (TPSA) is 122 Å². The summed E-state index contributed by atoms with van der Waals surface area (Å²) < 4.78 is 56.3. The lowest BCUT2D eigenvalue weighted by Crippen LogP contribution is -2.66. The molecular weight excluding hydrogens is 526 g/mol. The van der Waals surface area contributed by atoms with Crippen LogP contribution in [-0.4, -0.2) is 64.2 Å². The number of rotatable bonds is 6. The van der Waals surface area contributed by atoms with E-state index >= 15 is 4.39 Å². The first-order valence-corrected chi connectivity index (χ1v) is 13.8. The lowest BCUT2D eigenvalue weighted by molar-refractivity contribution is 0.0988. The summed E-state index contributed by atoms with van der Waals surface area (Å²) in [5.41, 5.74) is 5.80. The molecule has 1 spiro atoms. The quantitative estimate of drug-likeness (QED) is 0.465. The van der Waals surface area contributed by atoms with Gasteiger partial charge >= 0.3 is 0 Å². The Morgan fingerprint density at radius 3 is 2.62 bits per heavy atom. The molecule has 4 heterocycles. The van der Waals surface area contributed by atoms with Crippen LogP contribution in [-0.2, 0) is 28.5 Å². The summed E-state index contributed by atoms with van der Waals surface area (Å²) >= 11 is 0. The smallest absolute Gasteiger partial charge is 0.247 e. The third-order valence-corrected chi connectivity index (χ3v) is 10.4. The highest BCUT2D eigenvalue weighted by Crippen LogP contribution is 2.51. The number of likely N-dealkylation sites (tertiary alicyclic amines) is 1. The average molecular weight is 555 g/mol. The van der Waals surface area contributed by atoms with Crippen molar-refractivity contribution in [3.63, 3.8) is 0 Å². The molecule has 0 bridgehead atoms. The van der Waals surface area contributed by atoms with Gasteiger partial charge in [-0.15, -0.1) is 0 Å². The zero-order valence-corrected chi connectivity index (χ0v) is 22.3. The lowest BCUT2D eigenvalue weighted by atomic mass is 9.77. The number of sulfonamides is 1. The molecule has 39 heavy (non-hydrogen) atoms. The van der Waals surface area contributed by atoms with Gasteiger partial charge in [0.15, 0.2) is 5.78 Å². The molecule has 2 aliphatic rings. The SMILES string of the molecule is CN1C(N)=N[C@](C)(c2cc(CC(=O)c3ccc(F)cn3)ccc2F)[C@@]2(CCN(Cc3ccccn3)C2)S1(=O)=O. The number of hydrogen-bond donors (Lipinski definition) is 1. The minimum atomic E-state index is -4.10. The van der Waals surface area contributed by atoms with Gasteiger partial charge in [-0.1, -0.05) is 12.1 Å². The number of hydrogen-bond acceptors (Lipinski definition) is 8. The van der Waals surface area contributed by atoms with Crippen LogP contribution in [0.15, 0.2) is 65.9 Å². The number of carbonyl (C=O) groups is 1. The monoisotopic (exact) mass is 554 g/mol. The molecule has 0 radical (unpaired) electrons. The van der Waals surface area contributed by atoms with Gasteiger partial charge in [-0.25, -0.2) is 26.5 Å². The van der Waals surface area contributed by atoms with Crippen molar-refractivity contribution in [2.45, 2.75) is 36.6 Å². The van der Waals surface area contributed by atoms with E-state index in [1.54, 1.807) is 19.2 Å². The Hall–Kier alpha value is -3.77. The first kappa shape index (κ1) is 26.8. The first-order valence-electron chi connectivity index (χ1n) is 12.4. The molecule has 0 unspecified atom stereocenters. The van der Waals surface area contributed by atoms with E-state index in [4.69, 9.17) is 5.73 Å². The van der Waals surface area contributed by atoms with E-state index in [1.165, 1.54) is 31.3 Å². The second-order valence-corrected chi connectivity index (χ2v) is 12.3. The maximum Gasteiger partial charge on any atom is 0.247 e. The number of aromatic nitrogens is 2. The van der Waals surface area contributed by atoms with Gasteiger partial charge in [-0.05, 0) is 55.3 Å². The number of benzene rings is 1. The largest absolute Gasteiger partial charge is 0.369 e. The highest BCUT2D eigenvalue weighted by atomic mass is 32.2. The molecule has 2 aromatic heterocycles. The second kappa shape index (κ2) is 9.76. The third kappa shape index (κ3) is 4.47. The number of aliphatic imine (C=N–C) groups is 1. The van der Waals surface area contributed by atoms with Gasteiger partial charge in [0, 0.05) is 44.9 Å². The number of pyridine rings is 2. The minimum Gasteiger partial charge on any atom is -0.369 e. The molecule has 0 saturated carbocycles. The standard InChI is InChI=1S/C27H28F2N6O3S/c1-26(21-13-18(6-8-22(21)29)14-24(36)23-9-7-19(28)15-32-23)27(39(37,38)34(2)25(30)33-26)10-12-35(17-27)16-20-5-3-4-11-31-20/h3-9,11,13,15H,10,12,14,16-17H2,1-2H3,(H2,30,33)/t26-,27+/m1/s1. The highest BCUT2D eigenvalue weighted by molar-refractivity contribution is 7.91. The molecule has 0 amide bonds. The molecule has 12 heteroatoms. The van der Waals surface area contributed by atoms with Gasteiger partial charge in [0.25, 0.3) is 0 Å². The summed E-state index contributed by atoms with van der Waals surface area (Å²) in [6.45, 7) is 2.50. The average Bonchev–Trinajstić information content (AvgIpc) is 3.35. The van der Waals surface area contributed by atoms with Crippen molar-refractivity contribution >= 4 is 21.8 Å². The van der Waals surface area contributed by atoms with Gasteiger partial charge in [0.2, 0.25) is 16.0 Å². The van der Waals surface area contributed by atoms with Crippen molar-refractivity contribution in [3.8, 4) is 0 Å². The van der Waals surface area contributed by atoms with Crippen molar-refractivity contribution in [2.24, 2.45) is 10.7 Å². The third-order valence-electron chi connectivity index (χ3n) is 7.76. The number of guanidine groups is 1. The van der Waals surface area contributed by atoms with E-state index in [1.807, 2.05) is 17.0 Å². The van der Waals surface area contributed by atoms with Crippen LogP contribution >= 0.6 is 0 Å². The van der Waals surface area contributed by atoms with Gasteiger partial charge in [0.05, 0.1) is 11.9 Å². The zero-order valence-electron chi connectivity index (χ0n) is 21.5. The summed E-state index contributed by atoms with van der Waals surface area (Å²) in [7, 11) is -2.75. The van der Waals surface area contributed by atoms with E-state index in [-0.39, 0.29) is 36.6 Å². The van der Waals surface area contributed by atoms with Crippen LogP contribution in [0.2, 0.25) is 0 Å². The molecule has 2 N–H and O–H groups in total. The van der Waals surface area contributed by atoms with Gasteiger partial charge in [0.1, 0.15) is 27.6 Å². The number of nitrogens with two attached hydrogens (primary N) is 1. The Morgan fingerprint density at radius 1 is 1.13 bits per heavy atom. The van der Waals surface area contributed by atoms with Crippen LogP contribution in [0.5, 0.6) is 0 Å². The molecule has 0 aliphatic carbocycles. The highest BCUT2D eigenvalue weighted by Gasteiger charge is 2.66. The maximum atomic E-state index is 15.6. The Balaban J connectivity index is 1.55. The van der Waals surface area contributed by atoms with E-state index in [0.29, 0.717) is 18.7 Å². The summed E-state index contributed by atoms with van der Waals surface area (Å²) in [5, 5.41) is 0. The van der Waals surface area contributed by atoms with E-state index < -0.39 is 37.7 Å². The fraction of sp³-hybridized carbons (Fsp3) is 0.333. The van der Waals surface area contributed by atoms with Crippen molar-refractivity contribution in [1.82, 2.24) is 19.2 Å². The maximum absolute atomic E-state index is 15.6. The molecule has 2 atom stereocenters. The summed E-state index contributed by atoms with van der Waals surface area (Å²) in [4.78, 5) is 27.5. The van der Waals surface area contributed by atoms with Crippen molar-refractivity contribution in [2.75, 3.05) is 20.1 Å². The van der Waals surface area contributed by atoms with Gasteiger partial charge in [-0.2, -0.15) is 0 Å². The van der Waals surface area contributed by atoms with Crippen LogP contribution in [0.3, 0.4) is 0 Å². The Bertz CT molecular complexity index is 1550. The zero-order chi connectivity index (χ0) is 28.0. The molecule has 9 nitrogen and oxygen atoms in total. The number of nitrogens with zero attached hydrogens (tertiary/aromatic N) is 5. The van der Waals surface area contributed by atoms with E-state index in [9.17, 15) is 17.6 Å². The number of ketones is 1. The van der Waals surface area contributed by atoms with Crippen LogP contribution in [0.4, 0.5) is 8.78 Å². The van der Waals surface area contributed by atoms with Crippen molar-refractivity contribution < 1.29 is 22.0 Å². The van der Waals surface area contributed by atoms with Gasteiger partial charge < -0.3 is 5.73 Å². The molecule has 1 aromatic carbocycles. The fourth-order valence-electron chi connectivity index (χ4n) is 5.54. The summed E-state index contributed by atoms with van der Waals surface area (Å²) in [5.74, 6) is -1.87.